The second kappa shape index (κ2) is 4.84. The predicted octanol–water partition coefficient (Wildman–Crippen LogP) is 3.70. The van der Waals surface area contributed by atoms with Crippen molar-refractivity contribution in [2.45, 2.75) is 27.2 Å². The molecule has 1 nitrogen and oxygen atoms in total. The van der Waals surface area contributed by atoms with Crippen LogP contribution in [0.4, 0.5) is 0 Å². The summed E-state index contributed by atoms with van der Waals surface area (Å²) in [5, 5.41) is 0. The fourth-order valence-electron chi connectivity index (χ4n) is 1.21. The van der Waals surface area contributed by atoms with Crippen molar-refractivity contribution >= 4 is 22.6 Å². The van der Waals surface area contributed by atoms with Gasteiger partial charge in [0, 0.05) is 3.57 Å². The summed E-state index contributed by atoms with van der Waals surface area (Å²) >= 11 is 2.37. The van der Waals surface area contributed by atoms with E-state index in [1.807, 2.05) is 0 Å². The van der Waals surface area contributed by atoms with Crippen molar-refractivity contribution in [3.05, 3.63) is 26.8 Å². The first-order valence-corrected chi connectivity index (χ1v) is 5.62. The number of rotatable bonds is 3. The molecule has 1 rings (SSSR count). The normalized spacial score (nSPS) is 10.2. The maximum atomic E-state index is 5.57. The lowest BCUT2D eigenvalue weighted by Crippen LogP contribution is -1.97. The molecular weight excluding hydrogens is 275 g/mol. The second-order valence-corrected chi connectivity index (χ2v) is 4.30. The lowest BCUT2D eigenvalue weighted by molar-refractivity contribution is 0.317. The Balaban J connectivity index is 2.86. The lowest BCUT2D eigenvalue weighted by Gasteiger charge is -2.08. The molecule has 0 fully saturated rings. The zero-order chi connectivity index (χ0) is 9.84. The number of aryl methyl sites for hydroxylation is 2. The summed E-state index contributed by atoms with van der Waals surface area (Å²) in [4.78, 5) is 0. The number of ether oxygens (including phenoxy) is 1. The number of hydrogen-bond acceptors (Lipinski definition) is 1. The Morgan fingerprint density at radius 1 is 1.23 bits per heavy atom. The zero-order valence-electron chi connectivity index (χ0n) is 8.36. The summed E-state index contributed by atoms with van der Waals surface area (Å²) in [7, 11) is 0. The van der Waals surface area contributed by atoms with Crippen molar-refractivity contribution in [3.8, 4) is 5.75 Å². The van der Waals surface area contributed by atoms with Gasteiger partial charge in [-0.25, -0.2) is 0 Å². The Kier molecular flexibility index (Phi) is 4.03. The fraction of sp³-hybridized carbons (Fsp3) is 0.455. The molecule has 0 heterocycles. The third-order valence-corrected chi connectivity index (χ3v) is 3.58. The van der Waals surface area contributed by atoms with Gasteiger partial charge in [-0.2, -0.15) is 0 Å². The molecule has 0 aliphatic heterocycles. The summed E-state index contributed by atoms with van der Waals surface area (Å²) in [5.41, 5.74) is 2.60. The molecule has 0 bridgehead atoms. The van der Waals surface area contributed by atoms with E-state index < -0.39 is 0 Å². The van der Waals surface area contributed by atoms with Crippen LogP contribution in [0.25, 0.3) is 0 Å². The highest BCUT2D eigenvalue weighted by Gasteiger charge is 2.02. The van der Waals surface area contributed by atoms with E-state index in [1.54, 1.807) is 0 Å². The van der Waals surface area contributed by atoms with E-state index in [9.17, 15) is 0 Å². The van der Waals surface area contributed by atoms with Gasteiger partial charge in [0.25, 0.3) is 0 Å². The van der Waals surface area contributed by atoms with Gasteiger partial charge in [0.1, 0.15) is 5.75 Å². The van der Waals surface area contributed by atoms with Crippen LogP contribution in [0.1, 0.15) is 24.5 Å². The van der Waals surface area contributed by atoms with E-state index in [0.717, 1.165) is 18.8 Å². The Hall–Kier alpha value is -0.250. The molecule has 0 radical (unpaired) electrons. The summed E-state index contributed by atoms with van der Waals surface area (Å²) < 4.78 is 6.90. The average Bonchev–Trinajstić information content (AvgIpc) is 2.10. The number of halogens is 1. The molecule has 0 amide bonds. The summed E-state index contributed by atoms with van der Waals surface area (Å²) in [6.07, 6.45) is 1.06. The first-order valence-electron chi connectivity index (χ1n) is 4.54. The van der Waals surface area contributed by atoms with E-state index in [0.29, 0.717) is 0 Å². The summed E-state index contributed by atoms with van der Waals surface area (Å²) in [6.45, 7) is 7.16. The third-order valence-electron chi connectivity index (χ3n) is 1.88. The minimum atomic E-state index is 0.805. The van der Waals surface area contributed by atoms with Crippen molar-refractivity contribution in [2.24, 2.45) is 0 Å². The monoisotopic (exact) mass is 290 g/mol. The molecule has 2 heteroatoms. The van der Waals surface area contributed by atoms with Crippen molar-refractivity contribution in [2.75, 3.05) is 6.61 Å². The van der Waals surface area contributed by atoms with Crippen LogP contribution in [-0.4, -0.2) is 6.61 Å². The molecule has 72 valence electrons. The molecule has 13 heavy (non-hydrogen) atoms. The van der Waals surface area contributed by atoms with E-state index in [4.69, 9.17) is 4.74 Å². The lowest BCUT2D eigenvalue weighted by atomic mass is 10.1. The Morgan fingerprint density at radius 2 is 1.77 bits per heavy atom. The zero-order valence-corrected chi connectivity index (χ0v) is 10.5. The molecule has 0 spiro atoms. The van der Waals surface area contributed by atoms with Crippen molar-refractivity contribution < 1.29 is 4.74 Å². The van der Waals surface area contributed by atoms with Gasteiger partial charge in [-0.3, -0.25) is 0 Å². The molecule has 0 aliphatic rings. The van der Waals surface area contributed by atoms with Gasteiger partial charge in [-0.15, -0.1) is 0 Å². The van der Waals surface area contributed by atoms with E-state index in [-0.39, 0.29) is 0 Å². The fourth-order valence-corrected chi connectivity index (χ4v) is 1.52. The van der Waals surface area contributed by atoms with Crippen molar-refractivity contribution in [1.82, 2.24) is 0 Å². The molecule has 1 aromatic carbocycles. The summed E-state index contributed by atoms with van der Waals surface area (Å²) in [6, 6.07) is 4.20. The second-order valence-electron chi connectivity index (χ2n) is 3.22. The maximum Gasteiger partial charge on any atom is 0.119 e. The van der Waals surface area contributed by atoms with Crippen LogP contribution in [0.3, 0.4) is 0 Å². The van der Waals surface area contributed by atoms with Crippen LogP contribution >= 0.6 is 22.6 Å². The quantitative estimate of drug-likeness (QED) is 0.771. The molecule has 0 aromatic heterocycles. The Labute approximate surface area is 93.6 Å². The van der Waals surface area contributed by atoms with Crippen LogP contribution in [0.2, 0.25) is 0 Å². The van der Waals surface area contributed by atoms with Crippen LogP contribution in [-0.2, 0) is 0 Å². The average molecular weight is 290 g/mol. The molecular formula is C11H15IO. The predicted molar refractivity (Wildman–Crippen MR) is 64.4 cm³/mol. The highest BCUT2D eigenvalue weighted by Crippen LogP contribution is 2.23. The van der Waals surface area contributed by atoms with Crippen molar-refractivity contribution in [3.63, 3.8) is 0 Å². The molecule has 0 N–H and O–H groups in total. The largest absolute Gasteiger partial charge is 0.494 e. The van der Waals surface area contributed by atoms with Gasteiger partial charge in [0.15, 0.2) is 0 Å². The van der Waals surface area contributed by atoms with Crippen LogP contribution in [0, 0.1) is 17.4 Å². The van der Waals surface area contributed by atoms with Crippen LogP contribution < -0.4 is 4.74 Å². The summed E-state index contributed by atoms with van der Waals surface area (Å²) in [5.74, 6) is 0.997. The van der Waals surface area contributed by atoms with Gasteiger partial charge >= 0.3 is 0 Å². The molecule has 0 unspecified atom stereocenters. The minimum absolute atomic E-state index is 0.805. The third kappa shape index (κ3) is 2.86. The SMILES string of the molecule is CCCOc1cc(C)c(I)c(C)c1. The molecule has 0 atom stereocenters. The Bertz CT molecular complexity index is 271. The van der Waals surface area contributed by atoms with E-state index >= 15 is 0 Å². The van der Waals surface area contributed by atoms with E-state index in [1.165, 1.54) is 14.7 Å². The van der Waals surface area contributed by atoms with Crippen LogP contribution in [0.5, 0.6) is 5.75 Å². The van der Waals surface area contributed by atoms with Gasteiger partial charge in [-0.05, 0) is 66.1 Å². The molecule has 0 aliphatic carbocycles. The topological polar surface area (TPSA) is 9.23 Å². The smallest absolute Gasteiger partial charge is 0.119 e. The number of hydrogen-bond donors (Lipinski definition) is 0. The Morgan fingerprint density at radius 3 is 2.23 bits per heavy atom. The highest BCUT2D eigenvalue weighted by molar-refractivity contribution is 14.1. The van der Waals surface area contributed by atoms with Gasteiger partial charge in [-0.1, -0.05) is 6.92 Å². The van der Waals surface area contributed by atoms with Gasteiger partial charge < -0.3 is 4.74 Å². The maximum absolute atomic E-state index is 5.57. The first kappa shape index (κ1) is 10.8. The highest BCUT2D eigenvalue weighted by atomic mass is 127. The van der Waals surface area contributed by atoms with Crippen molar-refractivity contribution in [1.29, 1.82) is 0 Å². The minimum Gasteiger partial charge on any atom is -0.494 e. The molecule has 1 aromatic rings. The first-order chi connectivity index (χ1) is 6.15. The van der Waals surface area contributed by atoms with Gasteiger partial charge in [0.2, 0.25) is 0 Å². The number of benzene rings is 1. The van der Waals surface area contributed by atoms with E-state index in [2.05, 4.69) is 55.5 Å². The molecule has 0 saturated heterocycles. The van der Waals surface area contributed by atoms with Gasteiger partial charge in [0.05, 0.1) is 6.61 Å². The molecule has 0 saturated carbocycles. The van der Waals surface area contributed by atoms with Crippen LogP contribution in [0.15, 0.2) is 12.1 Å². The standard InChI is InChI=1S/C11H15IO/c1-4-5-13-10-6-8(2)11(12)9(3)7-10/h6-7H,4-5H2,1-3H3.